The molecule has 0 spiro atoms. The second-order valence-corrected chi connectivity index (χ2v) is 7.10. The molecule has 0 radical (unpaired) electrons. The Kier molecular flexibility index (Phi) is 5.59. The lowest BCUT2D eigenvalue weighted by molar-refractivity contribution is 0.339. The number of benzene rings is 2. The lowest BCUT2D eigenvalue weighted by Gasteiger charge is -2.32. The van der Waals surface area contributed by atoms with Gasteiger partial charge in [0, 0.05) is 5.69 Å². The molecule has 0 amide bonds. The number of hydrogen-bond donors (Lipinski definition) is 2. The summed E-state index contributed by atoms with van der Waals surface area (Å²) in [5.41, 5.74) is 3.44. The van der Waals surface area contributed by atoms with Crippen molar-refractivity contribution in [2.45, 2.75) is 45.1 Å². The topological polar surface area (TPSA) is 33.3 Å². The molecule has 0 bridgehead atoms. The fraction of sp³-hybridized carbons (Fsp3) is 0.381. The van der Waals surface area contributed by atoms with Gasteiger partial charge in [-0.15, -0.1) is 0 Å². The van der Waals surface area contributed by atoms with Gasteiger partial charge < -0.3 is 15.4 Å². The fourth-order valence-corrected chi connectivity index (χ4v) is 3.92. The van der Waals surface area contributed by atoms with Crippen LogP contribution < -0.4 is 15.4 Å². The van der Waals surface area contributed by atoms with Gasteiger partial charge in [0.2, 0.25) is 0 Å². The van der Waals surface area contributed by atoms with Crippen LogP contribution in [0.1, 0.15) is 43.7 Å². The molecule has 1 fully saturated rings. The normalized spacial score (nSPS) is 15.6. The first-order valence-corrected chi connectivity index (χ1v) is 9.41. The van der Waals surface area contributed by atoms with E-state index in [-0.39, 0.29) is 5.54 Å². The first kappa shape index (κ1) is 17.7. The van der Waals surface area contributed by atoms with E-state index in [2.05, 4.69) is 54.0 Å². The van der Waals surface area contributed by atoms with Gasteiger partial charge in [-0.25, -0.2) is 0 Å². The maximum atomic E-state index is 5.61. The van der Waals surface area contributed by atoms with Gasteiger partial charge in [-0.3, -0.25) is 0 Å². The van der Waals surface area contributed by atoms with Crippen LogP contribution >= 0.6 is 12.2 Å². The van der Waals surface area contributed by atoms with Gasteiger partial charge in [0.1, 0.15) is 5.75 Å². The van der Waals surface area contributed by atoms with E-state index in [1.54, 1.807) is 0 Å². The first-order valence-electron chi connectivity index (χ1n) is 9.00. The Bertz CT molecular complexity index is 721. The highest BCUT2D eigenvalue weighted by atomic mass is 32.1. The summed E-state index contributed by atoms with van der Waals surface area (Å²) in [5, 5.41) is 7.62. The molecule has 0 heterocycles. The van der Waals surface area contributed by atoms with E-state index in [0.29, 0.717) is 11.7 Å². The highest BCUT2D eigenvalue weighted by Crippen LogP contribution is 2.39. The molecular formula is C21H26N2OS. The van der Waals surface area contributed by atoms with Gasteiger partial charge in [0.15, 0.2) is 5.11 Å². The van der Waals surface area contributed by atoms with Crippen LogP contribution in [-0.2, 0) is 5.54 Å². The van der Waals surface area contributed by atoms with Gasteiger partial charge in [-0.2, -0.15) is 0 Å². The summed E-state index contributed by atoms with van der Waals surface area (Å²) in [6.45, 7) is 4.77. The summed E-state index contributed by atoms with van der Waals surface area (Å²) in [5.74, 6) is 0.917. The molecule has 2 aromatic rings. The van der Waals surface area contributed by atoms with Crippen molar-refractivity contribution in [2.24, 2.45) is 0 Å². The maximum absolute atomic E-state index is 5.61. The Labute approximate surface area is 155 Å². The van der Waals surface area contributed by atoms with Gasteiger partial charge in [0.05, 0.1) is 12.1 Å². The minimum Gasteiger partial charge on any atom is -0.494 e. The monoisotopic (exact) mass is 354 g/mol. The molecule has 3 nitrogen and oxygen atoms in total. The molecule has 0 saturated heterocycles. The van der Waals surface area contributed by atoms with E-state index >= 15 is 0 Å². The predicted octanol–water partition coefficient (Wildman–Crippen LogP) is 5.15. The van der Waals surface area contributed by atoms with Crippen LogP contribution in [-0.4, -0.2) is 11.7 Å². The summed E-state index contributed by atoms with van der Waals surface area (Å²) in [4.78, 5) is 0. The second kappa shape index (κ2) is 7.87. The van der Waals surface area contributed by atoms with E-state index in [4.69, 9.17) is 17.0 Å². The number of ether oxygens (including phenoxy) is 1. The summed E-state index contributed by atoms with van der Waals surface area (Å²) < 4.78 is 5.57. The second-order valence-electron chi connectivity index (χ2n) is 6.70. The summed E-state index contributed by atoms with van der Waals surface area (Å²) in [6, 6.07) is 16.7. The van der Waals surface area contributed by atoms with E-state index in [9.17, 15) is 0 Å². The van der Waals surface area contributed by atoms with Crippen LogP contribution in [0.4, 0.5) is 5.69 Å². The van der Waals surface area contributed by atoms with Gasteiger partial charge >= 0.3 is 0 Å². The van der Waals surface area contributed by atoms with E-state index in [1.807, 2.05) is 19.1 Å². The third-order valence-electron chi connectivity index (χ3n) is 4.80. The van der Waals surface area contributed by atoms with Gasteiger partial charge in [0.25, 0.3) is 0 Å². The lowest BCUT2D eigenvalue weighted by Crippen LogP contribution is -2.45. The van der Waals surface area contributed by atoms with Crippen LogP contribution in [0.15, 0.2) is 48.5 Å². The van der Waals surface area contributed by atoms with Crippen molar-refractivity contribution in [1.29, 1.82) is 0 Å². The molecule has 0 atom stereocenters. The smallest absolute Gasteiger partial charge is 0.171 e. The zero-order valence-electron chi connectivity index (χ0n) is 15.0. The zero-order chi connectivity index (χ0) is 17.7. The molecule has 1 aliphatic carbocycles. The number of hydrogen-bond acceptors (Lipinski definition) is 2. The summed E-state index contributed by atoms with van der Waals surface area (Å²) >= 11 is 5.61. The van der Waals surface area contributed by atoms with Crippen molar-refractivity contribution in [3.63, 3.8) is 0 Å². The molecule has 0 aliphatic heterocycles. The van der Waals surface area contributed by atoms with Crippen LogP contribution in [0.2, 0.25) is 0 Å². The number of rotatable bonds is 5. The van der Waals surface area contributed by atoms with Crippen LogP contribution in [0.3, 0.4) is 0 Å². The third-order valence-corrected chi connectivity index (χ3v) is 5.01. The van der Waals surface area contributed by atoms with Crippen molar-refractivity contribution < 1.29 is 4.74 Å². The zero-order valence-corrected chi connectivity index (χ0v) is 15.8. The Morgan fingerprint density at radius 1 is 1.12 bits per heavy atom. The van der Waals surface area contributed by atoms with Crippen LogP contribution in [0, 0.1) is 6.92 Å². The number of anilines is 1. The molecule has 2 N–H and O–H groups in total. The SMILES string of the molecule is CCOc1ccc(C2(NC(=S)Nc3cccc(C)c3)CCCC2)cc1. The fourth-order valence-electron chi connectivity index (χ4n) is 3.60. The number of nitrogens with one attached hydrogen (secondary N) is 2. The quantitative estimate of drug-likeness (QED) is 0.728. The van der Waals surface area contributed by atoms with E-state index in [0.717, 1.165) is 24.3 Å². The Balaban J connectivity index is 1.74. The highest BCUT2D eigenvalue weighted by Gasteiger charge is 2.36. The molecule has 2 aromatic carbocycles. The minimum absolute atomic E-state index is 0.0847. The van der Waals surface area contributed by atoms with Crippen molar-refractivity contribution in [2.75, 3.05) is 11.9 Å². The van der Waals surface area contributed by atoms with Crippen molar-refractivity contribution in [3.8, 4) is 5.75 Å². The third kappa shape index (κ3) is 4.31. The largest absolute Gasteiger partial charge is 0.494 e. The molecule has 3 rings (SSSR count). The molecule has 132 valence electrons. The van der Waals surface area contributed by atoms with E-state index < -0.39 is 0 Å². The van der Waals surface area contributed by atoms with E-state index in [1.165, 1.54) is 24.0 Å². The highest BCUT2D eigenvalue weighted by molar-refractivity contribution is 7.80. The molecular weight excluding hydrogens is 328 g/mol. The van der Waals surface area contributed by atoms with Crippen molar-refractivity contribution in [1.82, 2.24) is 5.32 Å². The Morgan fingerprint density at radius 3 is 2.48 bits per heavy atom. The van der Waals surface area contributed by atoms with Crippen molar-refractivity contribution >= 4 is 23.0 Å². The van der Waals surface area contributed by atoms with Crippen LogP contribution in [0.25, 0.3) is 0 Å². The molecule has 1 aliphatic rings. The predicted molar refractivity (Wildman–Crippen MR) is 108 cm³/mol. The molecule has 1 saturated carbocycles. The lowest BCUT2D eigenvalue weighted by atomic mass is 9.88. The average molecular weight is 355 g/mol. The summed E-state index contributed by atoms with van der Waals surface area (Å²) in [7, 11) is 0. The number of thiocarbonyl (C=S) groups is 1. The van der Waals surface area contributed by atoms with Gasteiger partial charge in [-0.05, 0) is 74.3 Å². The minimum atomic E-state index is -0.0847. The molecule has 25 heavy (non-hydrogen) atoms. The van der Waals surface area contributed by atoms with Crippen LogP contribution in [0.5, 0.6) is 5.75 Å². The molecule has 0 aromatic heterocycles. The Hall–Kier alpha value is -2.07. The maximum Gasteiger partial charge on any atom is 0.171 e. The summed E-state index contributed by atoms with van der Waals surface area (Å²) in [6.07, 6.45) is 4.62. The number of aryl methyl sites for hydroxylation is 1. The van der Waals surface area contributed by atoms with Gasteiger partial charge in [-0.1, -0.05) is 37.1 Å². The molecule has 0 unspecified atom stereocenters. The van der Waals surface area contributed by atoms with Crippen molar-refractivity contribution in [3.05, 3.63) is 59.7 Å². The first-order chi connectivity index (χ1) is 12.1. The standard InChI is InChI=1S/C21H26N2OS/c1-3-24-19-11-9-17(10-12-19)21(13-4-5-14-21)23-20(25)22-18-8-6-7-16(2)15-18/h6-12,15H,3-5,13-14H2,1-2H3,(H2,22,23,25). The average Bonchev–Trinajstić information content (AvgIpc) is 3.05. The Morgan fingerprint density at radius 2 is 1.84 bits per heavy atom. The molecule has 4 heteroatoms.